The van der Waals surface area contributed by atoms with Crippen molar-refractivity contribution < 1.29 is 22.7 Å². The molecule has 3 rings (SSSR count). The first kappa shape index (κ1) is 18.9. The average Bonchev–Trinajstić information content (AvgIpc) is 3.04. The molecule has 0 aromatic heterocycles. The third kappa shape index (κ3) is 4.11. The van der Waals surface area contributed by atoms with Crippen molar-refractivity contribution in [2.45, 2.75) is 18.2 Å². The maximum atomic E-state index is 12.5. The van der Waals surface area contributed by atoms with Crippen molar-refractivity contribution in [3.63, 3.8) is 0 Å². The highest BCUT2D eigenvalue weighted by molar-refractivity contribution is 7.92. The summed E-state index contributed by atoms with van der Waals surface area (Å²) in [6.45, 7) is 2.14. The normalized spacial score (nSPS) is 17.0. The lowest BCUT2D eigenvalue weighted by atomic mass is 10.1. The Morgan fingerprint density at radius 3 is 2.33 bits per heavy atom. The van der Waals surface area contributed by atoms with Crippen molar-refractivity contribution in [2.75, 3.05) is 23.3 Å². The SMILES string of the molecule is COC(=O)C1CC(=O)N(c2ccc(S(=O)(=O)Nc3ccc(C)cc3)cc2)C1. The van der Waals surface area contributed by atoms with E-state index >= 15 is 0 Å². The zero-order valence-electron chi connectivity index (χ0n) is 15.0. The number of sulfonamides is 1. The molecular formula is C19H20N2O5S. The van der Waals surface area contributed by atoms with Gasteiger partial charge in [0.15, 0.2) is 0 Å². The lowest BCUT2D eigenvalue weighted by Crippen LogP contribution is -2.26. The molecule has 2 aromatic carbocycles. The van der Waals surface area contributed by atoms with Crippen LogP contribution in [-0.2, 0) is 24.3 Å². The molecule has 0 aliphatic carbocycles. The molecule has 0 saturated carbocycles. The van der Waals surface area contributed by atoms with Crippen LogP contribution in [0.4, 0.5) is 11.4 Å². The van der Waals surface area contributed by atoms with Crippen LogP contribution in [0.5, 0.6) is 0 Å². The molecule has 1 N–H and O–H groups in total. The Morgan fingerprint density at radius 2 is 1.74 bits per heavy atom. The molecule has 2 aromatic rings. The van der Waals surface area contributed by atoms with Crippen molar-refractivity contribution in [3.8, 4) is 0 Å². The van der Waals surface area contributed by atoms with Crippen molar-refractivity contribution in [3.05, 3.63) is 54.1 Å². The van der Waals surface area contributed by atoms with Gasteiger partial charge in [0.05, 0.1) is 17.9 Å². The molecule has 0 spiro atoms. The highest BCUT2D eigenvalue weighted by atomic mass is 32.2. The molecule has 7 nitrogen and oxygen atoms in total. The first-order valence-electron chi connectivity index (χ1n) is 8.38. The molecular weight excluding hydrogens is 368 g/mol. The molecule has 27 heavy (non-hydrogen) atoms. The summed E-state index contributed by atoms with van der Waals surface area (Å²) in [5.41, 5.74) is 2.05. The third-order valence-corrected chi connectivity index (χ3v) is 5.82. The Bertz CT molecular complexity index is 953. The number of hydrogen-bond donors (Lipinski definition) is 1. The van der Waals surface area contributed by atoms with E-state index in [1.165, 1.54) is 24.1 Å². The lowest BCUT2D eigenvalue weighted by molar-refractivity contribution is -0.145. The lowest BCUT2D eigenvalue weighted by Gasteiger charge is -2.17. The summed E-state index contributed by atoms with van der Waals surface area (Å²) in [7, 11) is -2.45. The highest BCUT2D eigenvalue weighted by Crippen LogP contribution is 2.27. The zero-order chi connectivity index (χ0) is 19.6. The fourth-order valence-electron chi connectivity index (χ4n) is 2.92. The summed E-state index contributed by atoms with van der Waals surface area (Å²) in [6, 6.07) is 13.0. The van der Waals surface area contributed by atoms with E-state index in [4.69, 9.17) is 0 Å². The van der Waals surface area contributed by atoms with Gasteiger partial charge in [-0.3, -0.25) is 14.3 Å². The molecule has 1 fully saturated rings. The Hall–Kier alpha value is -2.87. The number of benzene rings is 2. The fraction of sp³-hybridized carbons (Fsp3) is 0.263. The Morgan fingerprint density at radius 1 is 1.11 bits per heavy atom. The summed E-state index contributed by atoms with van der Waals surface area (Å²) >= 11 is 0. The molecule has 1 atom stereocenters. The Kier molecular flexibility index (Phi) is 5.18. The van der Waals surface area contributed by atoms with Crippen LogP contribution in [0.15, 0.2) is 53.4 Å². The van der Waals surface area contributed by atoms with E-state index in [1.807, 2.05) is 19.1 Å². The van der Waals surface area contributed by atoms with E-state index in [2.05, 4.69) is 9.46 Å². The van der Waals surface area contributed by atoms with Gasteiger partial charge in [-0.15, -0.1) is 0 Å². The zero-order valence-corrected chi connectivity index (χ0v) is 15.8. The quantitative estimate of drug-likeness (QED) is 0.794. The van der Waals surface area contributed by atoms with Crippen molar-refractivity contribution in [1.29, 1.82) is 0 Å². The number of amides is 1. The third-order valence-electron chi connectivity index (χ3n) is 4.42. The predicted molar refractivity (Wildman–Crippen MR) is 101 cm³/mol. The topological polar surface area (TPSA) is 92.8 Å². The van der Waals surface area contributed by atoms with Crippen LogP contribution < -0.4 is 9.62 Å². The first-order chi connectivity index (χ1) is 12.8. The number of hydrogen-bond acceptors (Lipinski definition) is 5. The number of nitrogens with one attached hydrogen (secondary N) is 1. The molecule has 0 bridgehead atoms. The van der Waals surface area contributed by atoms with Crippen LogP contribution >= 0.6 is 0 Å². The summed E-state index contributed by atoms with van der Waals surface area (Å²) in [5.74, 6) is -1.12. The minimum atomic E-state index is -3.74. The molecule has 1 saturated heterocycles. The second-order valence-corrected chi connectivity index (χ2v) is 8.08. The summed E-state index contributed by atoms with van der Waals surface area (Å²) in [6.07, 6.45) is 0.0850. The number of methoxy groups -OCH3 is 1. The predicted octanol–water partition coefficient (Wildman–Crippen LogP) is 2.32. The van der Waals surface area contributed by atoms with Gasteiger partial charge >= 0.3 is 5.97 Å². The summed E-state index contributed by atoms with van der Waals surface area (Å²) < 4.78 is 32.2. The fourth-order valence-corrected chi connectivity index (χ4v) is 3.98. The van der Waals surface area contributed by atoms with Crippen molar-refractivity contribution >= 4 is 33.3 Å². The molecule has 0 radical (unpaired) electrons. The van der Waals surface area contributed by atoms with Crippen LogP contribution in [0, 0.1) is 12.8 Å². The van der Waals surface area contributed by atoms with E-state index in [0.29, 0.717) is 11.4 Å². The molecule has 1 amide bonds. The maximum Gasteiger partial charge on any atom is 0.311 e. The van der Waals surface area contributed by atoms with Crippen LogP contribution in [0.1, 0.15) is 12.0 Å². The number of nitrogens with zero attached hydrogens (tertiary/aromatic N) is 1. The number of aryl methyl sites for hydroxylation is 1. The van der Waals surface area contributed by atoms with E-state index < -0.39 is 21.9 Å². The number of carbonyl (C=O) groups excluding carboxylic acids is 2. The summed E-state index contributed by atoms with van der Waals surface area (Å²) in [5, 5.41) is 0. The van der Waals surface area contributed by atoms with E-state index in [0.717, 1.165) is 5.56 Å². The number of rotatable bonds is 5. The number of ether oxygens (including phenoxy) is 1. The van der Waals surface area contributed by atoms with Gasteiger partial charge in [0, 0.05) is 24.3 Å². The van der Waals surface area contributed by atoms with Gasteiger partial charge in [-0.25, -0.2) is 8.42 Å². The van der Waals surface area contributed by atoms with Gasteiger partial charge in [0.1, 0.15) is 0 Å². The van der Waals surface area contributed by atoms with Crippen LogP contribution in [0.2, 0.25) is 0 Å². The first-order valence-corrected chi connectivity index (χ1v) is 9.86. The van der Waals surface area contributed by atoms with Crippen LogP contribution in [0.25, 0.3) is 0 Å². The average molecular weight is 388 g/mol. The molecule has 8 heteroatoms. The standard InChI is InChI=1S/C19H20N2O5S/c1-13-3-5-15(6-4-13)20-27(24,25)17-9-7-16(8-10-17)21-12-14(11-18(21)22)19(23)26-2/h3-10,14,20H,11-12H2,1-2H3. The van der Waals surface area contributed by atoms with Gasteiger partial charge < -0.3 is 9.64 Å². The van der Waals surface area contributed by atoms with E-state index in [9.17, 15) is 18.0 Å². The smallest absolute Gasteiger partial charge is 0.311 e. The minimum absolute atomic E-state index is 0.0850. The molecule has 1 aliphatic rings. The largest absolute Gasteiger partial charge is 0.469 e. The summed E-state index contributed by atoms with van der Waals surface area (Å²) in [4.78, 5) is 25.3. The van der Waals surface area contributed by atoms with Crippen LogP contribution in [0.3, 0.4) is 0 Å². The number of carbonyl (C=O) groups is 2. The van der Waals surface area contributed by atoms with E-state index in [1.54, 1.807) is 24.3 Å². The monoisotopic (exact) mass is 388 g/mol. The highest BCUT2D eigenvalue weighted by Gasteiger charge is 2.35. The number of anilines is 2. The maximum absolute atomic E-state index is 12.5. The van der Waals surface area contributed by atoms with Gasteiger partial charge in [-0.05, 0) is 43.3 Å². The van der Waals surface area contributed by atoms with Crippen molar-refractivity contribution in [1.82, 2.24) is 0 Å². The Balaban J connectivity index is 1.76. The Labute approximate surface area is 158 Å². The van der Waals surface area contributed by atoms with E-state index in [-0.39, 0.29) is 23.8 Å². The molecule has 1 unspecified atom stereocenters. The second kappa shape index (κ2) is 7.40. The van der Waals surface area contributed by atoms with Crippen molar-refractivity contribution in [2.24, 2.45) is 5.92 Å². The van der Waals surface area contributed by atoms with Gasteiger partial charge in [0.25, 0.3) is 10.0 Å². The minimum Gasteiger partial charge on any atom is -0.469 e. The molecule has 142 valence electrons. The van der Waals surface area contributed by atoms with Gasteiger partial charge in [-0.2, -0.15) is 0 Å². The van der Waals surface area contributed by atoms with Gasteiger partial charge in [0.2, 0.25) is 5.91 Å². The van der Waals surface area contributed by atoms with Crippen LogP contribution in [-0.4, -0.2) is 33.9 Å². The molecule has 1 aliphatic heterocycles. The van der Waals surface area contributed by atoms with Gasteiger partial charge in [-0.1, -0.05) is 17.7 Å². The molecule has 1 heterocycles. The second-order valence-electron chi connectivity index (χ2n) is 6.39. The number of esters is 1.